The Balaban J connectivity index is 2.09. The predicted molar refractivity (Wildman–Crippen MR) is 94.8 cm³/mol. The van der Waals surface area contributed by atoms with Crippen molar-refractivity contribution in [1.29, 1.82) is 0 Å². The molecule has 0 aliphatic carbocycles. The van der Waals surface area contributed by atoms with E-state index in [0.29, 0.717) is 0 Å². The van der Waals surface area contributed by atoms with Crippen LogP contribution < -0.4 is 0 Å². The van der Waals surface area contributed by atoms with Gasteiger partial charge in [-0.05, 0) is 45.2 Å². The van der Waals surface area contributed by atoms with E-state index in [1.165, 1.54) is 6.07 Å². The second kappa shape index (κ2) is 5.69. The second-order valence-electron chi connectivity index (χ2n) is 5.59. The van der Waals surface area contributed by atoms with Crippen LogP contribution in [0.4, 0.5) is 4.39 Å². The van der Waals surface area contributed by atoms with Gasteiger partial charge in [-0.15, -0.1) is 0 Å². The van der Waals surface area contributed by atoms with Crippen LogP contribution in [0.2, 0.25) is 0 Å². The van der Waals surface area contributed by atoms with Crippen LogP contribution in [0, 0.1) is 5.82 Å². The first-order chi connectivity index (χ1) is 11.3. The molecule has 0 saturated carbocycles. The Kier molecular flexibility index (Phi) is 3.39. The Hall–Kier alpha value is -2.93. The third-order valence-electron chi connectivity index (χ3n) is 4.13. The standard InChI is InChI=1S/C22H15F/c23-19-12-14-21-18(15-19)11-13-20(16-7-3-1-4-8-16)22(21)17-9-5-2-6-10-17/h1-15H. The van der Waals surface area contributed by atoms with Crippen molar-refractivity contribution in [1.82, 2.24) is 0 Å². The number of halogens is 1. The molecule has 110 valence electrons. The van der Waals surface area contributed by atoms with Crippen LogP contribution in [-0.2, 0) is 0 Å². The molecule has 4 rings (SSSR count). The first-order valence-corrected chi connectivity index (χ1v) is 7.66. The van der Waals surface area contributed by atoms with Gasteiger partial charge in [0.1, 0.15) is 5.82 Å². The molecule has 0 radical (unpaired) electrons. The summed E-state index contributed by atoms with van der Waals surface area (Å²) >= 11 is 0. The summed E-state index contributed by atoms with van der Waals surface area (Å²) in [5.41, 5.74) is 4.62. The molecule has 0 bridgehead atoms. The van der Waals surface area contributed by atoms with Crippen LogP contribution >= 0.6 is 0 Å². The average molecular weight is 298 g/mol. The highest BCUT2D eigenvalue weighted by molar-refractivity contribution is 6.04. The van der Waals surface area contributed by atoms with Crippen LogP contribution in [-0.4, -0.2) is 0 Å². The molecule has 0 unspecified atom stereocenters. The van der Waals surface area contributed by atoms with E-state index in [1.807, 2.05) is 48.5 Å². The Morgan fingerprint density at radius 3 is 1.91 bits per heavy atom. The molecular weight excluding hydrogens is 283 g/mol. The van der Waals surface area contributed by atoms with Gasteiger partial charge in [-0.25, -0.2) is 4.39 Å². The molecule has 0 atom stereocenters. The minimum Gasteiger partial charge on any atom is -0.207 e. The van der Waals surface area contributed by atoms with Crippen molar-refractivity contribution in [2.45, 2.75) is 0 Å². The monoisotopic (exact) mass is 298 g/mol. The van der Waals surface area contributed by atoms with Crippen molar-refractivity contribution in [3.63, 3.8) is 0 Å². The summed E-state index contributed by atoms with van der Waals surface area (Å²) in [6, 6.07) is 29.7. The smallest absolute Gasteiger partial charge is 0.123 e. The molecule has 0 amide bonds. The Labute approximate surface area is 134 Å². The molecule has 0 heterocycles. The molecule has 0 nitrogen and oxygen atoms in total. The molecular formula is C22H15F. The minimum atomic E-state index is -0.205. The Morgan fingerprint density at radius 2 is 1.22 bits per heavy atom. The lowest BCUT2D eigenvalue weighted by atomic mass is 9.90. The summed E-state index contributed by atoms with van der Waals surface area (Å²) < 4.78 is 13.6. The summed E-state index contributed by atoms with van der Waals surface area (Å²) in [5.74, 6) is -0.205. The normalized spacial score (nSPS) is 10.8. The summed E-state index contributed by atoms with van der Waals surface area (Å²) in [6.45, 7) is 0. The molecule has 0 fully saturated rings. The highest BCUT2D eigenvalue weighted by Gasteiger charge is 2.11. The first-order valence-electron chi connectivity index (χ1n) is 7.66. The van der Waals surface area contributed by atoms with E-state index in [4.69, 9.17) is 0 Å². The van der Waals surface area contributed by atoms with Gasteiger partial charge in [0.25, 0.3) is 0 Å². The van der Waals surface area contributed by atoms with Crippen molar-refractivity contribution in [3.8, 4) is 22.3 Å². The molecule has 0 N–H and O–H groups in total. The van der Waals surface area contributed by atoms with Crippen molar-refractivity contribution >= 4 is 10.8 Å². The molecule has 23 heavy (non-hydrogen) atoms. The van der Waals surface area contributed by atoms with Crippen LogP contribution in [0.5, 0.6) is 0 Å². The number of benzene rings is 4. The number of hydrogen-bond donors (Lipinski definition) is 0. The minimum absolute atomic E-state index is 0.205. The summed E-state index contributed by atoms with van der Waals surface area (Å²) in [6.07, 6.45) is 0. The maximum atomic E-state index is 13.6. The summed E-state index contributed by atoms with van der Waals surface area (Å²) in [5, 5.41) is 1.99. The van der Waals surface area contributed by atoms with Gasteiger partial charge in [-0.3, -0.25) is 0 Å². The average Bonchev–Trinajstić information content (AvgIpc) is 2.62. The van der Waals surface area contributed by atoms with E-state index in [-0.39, 0.29) is 5.82 Å². The molecule has 0 saturated heterocycles. The highest BCUT2D eigenvalue weighted by atomic mass is 19.1. The van der Waals surface area contributed by atoms with E-state index in [0.717, 1.165) is 33.0 Å². The Morgan fingerprint density at radius 1 is 0.565 bits per heavy atom. The SMILES string of the molecule is Fc1ccc2c(-c3ccccc3)c(-c3ccccc3)ccc2c1. The molecule has 0 aliphatic rings. The number of rotatable bonds is 2. The molecule has 4 aromatic rings. The van der Waals surface area contributed by atoms with Crippen molar-refractivity contribution < 1.29 is 4.39 Å². The third-order valence-corrected chi connectivity index (χ3v) is 4.13. The largest absolute Gasteiger partial charge is 0.207 e. The predicted octanol–water partition coefficient (Wildman–Crippen LogP) is 6.31. The Bertz CT molecular complexity index is 957. The zero-order valence-electron chi connectivity index (χ0n) is 12.5. The van der Waals surface area contributed by atoms with E-state index in [1.54, 1.807) is 6.07 Å². The quantitative estimate of drug-likeness (QED) is 0.406. The van der Waals surface area contributed by atoms with Crippen LogP contribution in [0.25, 0.3) is 33.0 Å². The van der Waals surface area contributed by atoms with Gasteiger partial charge < -0.3 is 0 Å². The maximum absolute atomic E-state index is 13.6. The first kappa shape index (κ1) is 13.7. The van der Waals surface area contributed by atoms with Crippen molar-refractivity contribution in [3.05, 3.63) is 96.8 Å². The lowest BCUT2D eigenvalue weighted by Crippen LogP contribution is -1.88. The van der Waals surface area contributed by atoms with E-state index >= 15 is 0 Å². The second-order valence-corrected chi connectivity index (χ2v) is 5.59. The summed E-state index contributed by atoms with van der Waals surface area (Å²) in [4.78, 5) is 0. The fraction of sp³-hybridized carbons (Fsp3) is 0. The number of hydrogen-bond acceptors (Lipinski definition) is 0. The van der Waals surface area contributed by atoms with Crippen molar-refractivity contribution in [2.75, 3.05) is 0 Å². The third kappa shape index (κ3) is 2.51. The molecule has 4 aromatic carbocycles. The van der Waals surface area contributed by atoms with Gasteiger partial charge >= 0.3 is 0 Å². The maximum Gasteiger partial charge on any atom is 0.123 e. The number of fused-ring (bicyclic) bond motifs is 1. The van der Waals surface area contributed by atoms with Crippen molar-refractivity contribution in [2.24, 2.45) is 0 Å². The van der Waals surface area contributed by atoms with Gasteiger partial charge in [0, 0.05) is 0 Å². The van der Waals surface area contributed by atoms with E-state index < -0.39 is 0 Å². The molecule has 0 aliphatic heterocycles. The van der Waals surface area contributed by atoms with Gasteiger partial charge in [-0.2, -0.15) is 0 Å². The molecule has 0 spiro atoms. The van der Waals surface area contributed by atoms with Gasteiger partial charge in [-0.1, -0.05) is 78.9 Å². The molecule has 0 aromatic heterocycles. The van der Waals surface area contributed by atoms with Gasteiger partial charge in [0.15, 0.2) is 0 Å². The van der Waals surface area contributed by atoms with Crippen LogP contribution in [0.15, 0.2) is 91.0 Å². The van der Waals surface area contributed by atoms with Gasteiger partial charge in [0.2, 0.25) is 0 Å². The zero-order chi connectivity index (χ0) is 15.6. The van der Waals surface area contributed by atoms with Gasteiger partial charge in [0.05, 0.1) is 0 Å². The summed E-state index contributed by atoms with van der Waals surface area (Å²) in [7, 11) is 0. The fourth-order valence-electron chi connectivity index (χ4n) is 3.07. The topological polar surface area (TPSA) is 0 Å². The zero-order valence-corrected chi connectivity index (χ0v) is 12.5. The van der Waals surface area contributed by atoms with E-state index in [9.17, 15) is 4.39 Å². The fourth-order valence-corrected chi connectivity index (χ4v) is 3.07. The lowest BCUT2D eigenvalue weighted by Gasteiger charge is -2.14. The van der Waals surface area contributed by atoms with Crippen LogP contribution in [0.3, 0.4) is 0 Å². The molecule has 1 heteroatoms. The highest BCUT2D eigenvalue weighted by Crippen LogP contribution is 2.38. The van der Waals surface area contributed by atoms with Crippen LogP contribution in [0.1, 0.15) is 0 Å². The lowest BCUT2D eigenvalue weighted by molar-refractivity contribution is 0.630. The van der Waals surface area contributed by atoms with E-state index in [2.05, 4.69) is 30.3 Å².